The standard InChI is InChI=1S/C9H9Cl2NO2/c1-2-9(13)14-12-8-4-6(10)3-7(11)5-8/h3-5,12H,2H2,1H3. The summed E-state index contributed by atoms with van der Waals surface area (Å²) in [5.74, 6) is -0.346. The van der Waals surface area contributed by atoms with Gasteiger partial charge in [0.05, 0.1) is 5.69 Å². The van der Waals surface area contributed by atoms with Gasteiger partial charge in [-0.2, -0.15) is 0 Å². The van der Waals surface area contributed by atoms with Gasteiger partial charge in [0.2, 0.25) is 0 Å². The average Bonchev–Trinajstić information content (AvgIpc) is 2.12. The van der Waals surface area contributed by atoms with Gasteiger partial charge in [-0.1, -0.05) is 30.1 Å². The van der Waals surface area contributed by atoms with Gasteiger partial charge in [0.25, 0.3) is 0 Å². The second-order valence-electron chi connectivity index (χ2n) is 2.59. The molecule has 0 bridgehead atoms. The molecule has 5 heteroatoms. The number of hydrogen-bond donors (Lipinski definition) is 1. The molecule has 0 radical (unpaired) electrons. The quantitative estimate of drug-likeness (QED) is 0.815. The van der Waals surface area contributed by atoms with Gasteiger partial charge >= 0.3 is 5.97 Å². The van der Waals surface area contributed by atoms with E-state index in [1.165, 1.54) is 0 Å². The summed E-state index contributed by atoms with van der Waals surface area (Å²) in [6.07, 6.45) is 0.307. The van der Waals surface area contributed by atoms with E-state index in [1.54, 1.807) is 25.1 Å². The summed E-state index contributed by atoms with van der Waals surface area (Å²) in [4.78, 5) is 15.5. The second-order valence-corrected chi connectivity index (χ2v) is 3.46. The molecule has 0 saturated heterocycles. The zero-order chi connectivity index (χ0) is 10.6. The van der Waals surface area contributed by atoms with E-state index in [2.05, 4.69) is 10.3 Å². The highest BCUT2D eigenvalue weighted by atomic mass is 35.5. The van der Waals surface area contributed by atoms with E-state index in [0.29, 0.717) is 22.2 Å². The number of carbonyl (C=O) groups is 1. The van der Waals surface area contributed by atoms with E-state index in [9.17, 15) is 4.79 Å². The zero-order valence-corrected chi connectivity index (χ0v) is 9.02. The van der Waals surface area contributed by atoms with E-state index in [0.717, 1.165) is 0 Å². The Labute approximate surface area is 91.9 Å². The Kier molecular flexibility index (Phi) is 4.04. The van der Waals surface area contributed by atoms with Crippen LogP contribution in [0.2, 0.25) is 10.0 Å². The first-order valence-electron chi connectivity index (χ1n) is 4.03. The first kappa shape index (κ1) is 11.1. The third kappa shape index (κ3) is 3.44. The van der Waals surface area contributed by atoms with Crippen molar-refractivity contribution >= 4 is 34.9 Å². The van der Waals surface area contributed by atoms with Crippen molar-refractivity contribution in [3.05, 3.63) is 28.2 Å². The smallest absolute Gasteiger partial charge is 0.331 e. The normalized spacial score (nSPS) is 9.64. The summed E-state index contributed by atoms with van der Waals surface area (Å²) in [6, 6.07) is 4.81. The Balaban J connectivity index is 2.63. The predicted octanol–water partition coefficient (Wildman–Crippen LogP) is 3.27. The minimum absolute atomic E-state index is 0.307. The molecular formula is C9H9Cl2NO2. The second kappa shape index (κ2) is 5.08. The Morgan fingerprint density at radius 2 is 1.93 bits per heavy atom. The van der Waals surface area contributed by atoms with E-state index in [4.69, 9.17) is 23.2 Å². The number of rotatable bonds is 3. The maximum atomic E-state index is 10.8. The average molecular weight is 234 g/mol. The maximum Gasteiger partial charge on any atom is 0.331 e. The highest BCUT2D eigenvalue weighted by Gasteiger charge is 2.01. The van der Waals surface area contributed by atoms with Crippen LogP contribution in [0.4, 0.5) is 5.69 Å². The third-order valence-electron chi connectivity index (χ3n) is 1.43. The lowest BCUT2D eigenvalue weighted by atomic mass is 10.3. The first-order chi connectivity index (χ1) is 6.61. The van der Waals surface area contributed by atoms with Crippen LogP contribution in [-0.4, -0.2) is 5.97 Å². The van der Waals surface area contributed by atoms with Crippen LogP contribution in [0.25, 0.3) is 0 Å². The van der Waals surface area contributed by atoms with Gasteiger partial charge in [-0.25, -0.2) is 10.3 Å². The van der Waals surface area contributed by atoms with Gasteiger partial charge in [-0.3, -0.25) is 0 Å². The topological polar surface area (TPSA) is 38.3 Å². The van der Waals surface area contributed by atoms with Crippen LogP contribution in [0.15, 0.2) is 18.2 Å². The number of benzene rings is 1. The predicted molar refractivity (Wildman–Crippen MR) is 56.5 cm³/mol. The Bertz CT molecular complexity index is 321. The fourth-order valence-corrected chi connectivity index (χ4v) is 1.33. The summed E-state index contributed by atoms with van der Waals surface area (Å²) < 4.78 is 0. The molecule has 0 amide bonds. The monoisotopic (exact) mass is 233 g/mol. The molecule has 0 unspecified atom stereocenters. The molecule has 0 atom stereocenters. The SMILES string of the molecule is CCC(=O)ONc1cc(Cl)cc(Cl)c1. The highest BCUT2D eigenvalue weighted by molar-refractivity contribution is 6.35. The van der Waals surface area contributed by atoms with Gasteiger partial charge in [0, 0.05) is 16.5 Å². The first-order valence-corrected chi connectivity index (χ1v) is 4.79. The molecule has 0 spiro atoms. The molecule has 0 heterocycles. The van der Waals surface area contributed by atoms with Crippen molar-refractivity contribution in [3.8, 4) is 0 Å². The molecule has 76 valence electrons. The number of halogens is 2. The molecule has 3 nitrogen and oxygen atoms in total. The van der Waals surface area contributed by atoms with Gasteiger partial charge in [0.1, 0.15) is 0 Å². The van der Waals surface area contributed by atoms with E-state index in [-0.39, 0.29) is 5.97 Å². The summed E-state index contributed by atoms with van der Waals surface area (Å²) in [5.41, 5.74) is 3.00. The fraction of sp³-hybridized carbons (Fsp3) is 0.222. The lowest BCUT2D eigenvalue weighted by molar-refractivity contribution is -0.140. The molecule has 0 fully saturated rings. The van der Waals surface area contributed by atoms with Crippen molar-refractivity contribution in [1.29, 1.82) is 0 Å². The van der Waals surface area contributed by atoms with Crippen molar-refractivity contribution in [3.63, 3.8) is 0 Å². The van der Waals surface area contributed by atoms with Crippen molar-refractivity contribution in [2.75, 3.05) is 5.48 Å². The maximum absolute atomic E-state index is 10.8. The molecule has 0 saturated carbocycles. The van der Waals surface area contributed by atoms with Crippen molar-refractivity contribution in [2.45, 2.75) is 13.3 Å². The highest BCUT2D eigenvalue weighted by Crippen LogP contribution is 2.22. The van der Waals surface area contributed by atoms with Crippen molar-refractivity contribution < 1.29 is 9.63 Å². The lowest BCUT2D eigenvalue weighted by Crippen LogP contribution is -2.08. The van der Waals surface area contributed by atoms with Gasteiger partial charge in [-0.15, -0.1) is 0 Å². The van der Waals surface area contributed by atoms with Crippen LogP contribution < -0.4 is 5.48 Å². The van der Waals surface area contributed by atoms with Crippen LogP contribution in [0.3, 0.4) is 0 Å². The van der Waals surface area contributed by atoms with Crippen LogP contribution >= 0.6 is 23.2 Å². The molecule has 1 N–H and O–H groups in total. The molecule has 0 aliphatic carbocycles. The fourth-order valence-electron chi connectivity index (χ4n) is 0.801. The Morgan fingerprint density at radius 3 is 2.43 bits per heavy atom. The zero-order valence-electron chi connectivity index (χ0n) is 7.51. The van der Waals surface area contributed by atoms with Crippen molar-refractivity contribution in [1.82, 2.24) is 0 Å². The van der Waals surface area contributed by atoms with Crippen molar-refractivity contribution in [2.24, 2.45) is 0 Å². The van der Waals surface area contributed by atoms with Gasteiger partial charge < -0.3 is 4.84 Å². The molecule has 14 heavy (non-hydrogen) atoms. The minimum atomic E-state index is -0.346. The van der Waals surface area contributed by atoms with Gasteiger partial charge in [0.15, 0.2) is 0 Å². The molecular weight excluding hydrogens is 225 g/mol. The molecule has 1 aromatic rings. The molecule has 1 rings (SSSR count). The minimum Gasteiger partial charge on any atom is -0.343 e. The van der Waals surface area contributed by atoms with Crippen LogP contribution in [0, 0.1) is 0 Å². The molecule has 0 aromatic heterocycles. The Morgan fingerprint density at radius 1 is 1.36 bits per heavy atom. The summed E-state index contributed by atoms with van der Waals surface area (Å²) >= 11 is 11.5. The number of anilines is 1. The molecule has 1 aromatic carbocycles. The van der Waals surface area contributed by atoms with E-state index in [1.807, 2.05) is 0 Å². The Hall–Kier alpha value is -0.930. The van der Waals surface area contributed by atoms with Crippen LogP contribution in [0.1, 0.15) is 13.3 Å². The van der Waals surface area contributed by atoms with E-state index >= 15 is 0 Å². The summed E-state index contributed by atoms with van der Waals surface area (Å²) in [6.45, 7) is 1.70. The van der Waals surface area contributed by atoms with E-state index < -0.39 is 0 Å². The summed E-state index contributed by atoms with van der Waals surface area (Å²) in [5, 5.41) is 0.958. The van der Waals surface area contributed by atoms with Crippen LogP contribution in [-0.2, 0) is 9.63 Å². The van der Waals surface area contributed by atoms with Crippen LogP contribution in [0.5, 0.6) is 0 Å². The number of hydrogen-bond acceptors (Lipinski definition) is 3. The largest absolute Gasteiger partial charge is 0.343 e. The number of nitrogens with one attached hydrogen (secondary N) is 1. The molecule has 0 aliphatic rings. The number of carbonyl (C=O) groups excluding carboxylic acids is 1. The van der Waals surface area contributed by atoms with Gasteiger partial charge in [-0.05, 0) is 18.2 Å². The summed E-state index contributed by atoms with van der Waals surface area (Å²) in [7, 11) is 0. The molecule has 0 aliphatic heterocycles. The lowest BCUT2D eigenvalue weighted by Gasteiger charge is -2.06. The third-order valence-corrected chi connectivity index (χ3v) is 1.87.